The van der Waals surface area contributed by atoms with Crippen molar-refractivity contribution in [1.29, 1.82) is 0 Å². The predicted molar refractivity (Wildman–Crippen MR) is 113 cm³/mol. The standard InChI is InChI=1S/C23H33N3O3/c1-2-18-5-3-4-6-21(18)26-15-19(13-22(26)27)23(28)24-20-7-10-25(11-8-20)14-17-9-12-29-16-17/h3-6,17,19-20H,2,7-16H2,1H3,(H,24,28). The Morgan fingerprint density at radius 2 is 2.00 bits per heavy atom. The highest BCUT2D eigenvalue weighted by atomic mass is 16.5. The van der Waals surface area contributed by atoms with Gasteiger partial charge in [0.1, 0.15) is 0 Å². The van der Waals surface area contributed by atoms with Gasteiger partial charge in [-0.25, -0.2) is 0 Å². The SMILES string of the molecule is CCc1ccccc1N1CC(C(=O)NC2CCN(CC3CCOC3)CC2)CC1=O. The first-order valence-electron chi connectivity index (χ1n) is 11.1. The number of benzene rings is 1. The van der Waals surface area contributed by atoms with E-state index in [-0.39, 0.29) is 23.8 Å². The molecule has 3 fully saturated rings. The molecule has 2 amide bonds. The van der Waals surface area contributed by atoms with E-state index < -0.39 is 0 Å². The summed E-state index contributed by atoms with van der Waals surface area (Å²) in [5.74, 6) is 0.515. The Morgan fingerprint density at radius 3 is 2.72 bits per heavy atom. The molecule has 3 aliphatic heterocycles. The molecule has 0 saturated carbocycles. The van der Waals surface area contributed by atoms with Crippen LogP contribution < -0.4 is 10.2 Å². The zero-order chi connectivity index (χ0) is 20.2. The Morgan fingerprint density at radius 1 is 1.21 bits per heavy atom. The summed E-state index contributed by atoms with van der Waals surface area (Å²) in [6.45, 7) is 7.55. The fraction of sp³-hybridized carbons (Fsp3) is 0.652. The van der Waals surface area contributed by atoms with Gasteiger partial charge in [-0.15, -0.1) is 0 Å². The molecule has 0 aromatic heterocycles. The first kappa shape index (κ1) is 20.4. The molecule has 2 atom stereocenters. The highest BCUT2D eigenvalue weighted by Gasteiger charge is 2.36. The third-order valence-electron chi connectivity index (χ3n) is 6.63. The van der Waals surface area contributed by atoms with Crippen molar-refractivity contribution in [2.75, 3.05) is 44.3 Å². The van der Waals surface area contributed by atoms with Crippen molar-refractivity contribution in [3.8, 4) is 0 Å². The van der Waals surface area contributed by atoms with Crippen LogP contribution in [0.2, 0.25) is 0 Å². The van der Waals surface area contributed by atoms with Crippen LogP contribution in [0.4, 0.5) is 5.69 Å². The fourth-order valence-corrected chi connectivity index (χ4v) is 4.86. The molecule has 0 spiro atoms. The van der Waals surface area contributed by atoms with Gasteiger partial charge < -0.3 is 19.9 Å². The summed E-state index contributed by atoms with van der Waals surface area (Å²) in [7, 11) is 0. The normalized spacial score (nSPS) is 26.2. The number of likely N-dealkylation sites (tertiary alicyclic amines) is 1. The molecule has 29 heavy (non-hydrogen) atoms. The first-order chi connectivity index (χ1) is 14.1. The Hall–Kier alpha value is -1.92. The van der Waals surface area contributed by atoms with Crippen molar-refractivity contribution in [2.45, 2.75) is 45.1 Å². The first-order valence-corrected chi connectivity index (χ1v) is 11.1. The monoisotopic (exact) mass is 399 g/mol. The highest BCUT2D eigenvalue weighted by Crippen LogP contribution is 2.29. The Balaban J connectivity index is 1.27. The minimum atomic E-state index is -0.249. The average molecular weight is 400 g/mol. The molecule has 1 N–H and O–H groups in total. The summed E-state index contributed by atoms with van der Waals surface area (Å²) in [6.07, 6.45) is 4.33. The van der Waals surface area contributed by atoms with Gasteiger partial charge in [0.25, 0.3) is 0 Å². The number of piperidine rings is 1. The van der Waals surface area contributed by atoms with E-state index >= 15 is 0 Å². The second-order valence-corrected chi connectivity index (χ2v) is 8.70. The quantitative estimate of drug-likeness (QED) is 0.797. The largest absolute Gasteiger partial charge is 0.381 e. The van der Waals surface area contributed by atoms with Crippen LogP contribution in [0.15, 0.2) is 24.3 Å². The number of anilines is 1. The van der Waals surface area contributed by atoms with Crippen LogP contribution in [0.3, 0.4) is 0 Å². The second-order valence-electron chi connectivity index (χ2n) is 8.70. The van der Waals surface area contributed by atoms with E-state index in [2.05, 4.69) is 23.2 Å². The van der Waals surface area contributed by atoms with Crippen LogP contribution in [0.1, 0.15) is 38.2 Å². The lowest BCUT2D eigenvalue weighted by atomic mass is 10.0. The van der Waals surface area contributed by atoms with Gasteiger partial charge in [0.15, 0.2) is 0 Å². The molecule has 2 unspecified atom stereocenters. The minimum absolute atomic E-state index is 0.0393. The van der Waals surface area contributed by atoms with Gasteiger partial charge >= 0.3 is 0 Å². The molecule has 6 heteroatoms. The number of rotatable bonds is 6. The molecule has 6 nitrogen and oxygen atoms in total. The molecule has 3 aliphatic rings. The third-order valence-corrected chi connectivity index (χ3v) is 6.63. The summed E-state index contributed by atoms with van der Waals surface area (Å²) in [5.41, 5.74) is 2.11. The molecule has 4 rings (SSSR count). The highest BCUT2D eigenvalue weighted by molar-refractivity contribution is 6.00. The van der Waals surface area contributed by atoms with Gasteiger partial charge in [-0.05, 0) is 43.2 Å². The lowest BCUT2D eigenvalue weighted by Crippen LogP contribution is -2.47. The minimum Gasteiger partial charge on any atom is -0.381 e. The van der Waals surface area contributed by atoms with E-state index in [1.807, 2.05) is 18.2 Å². The zero-order valence-corrected chi connectivity index (χ0v) is 17.4. The van der Waals surface area contributed by atoms with E-state index in [0.29, 0.717) is 18.9 Å². The molecular formula is C23H33N3O3. The number of aryl methyl sites for hydroxylation is 1. The molecule has 0 aliphatic carbocycles. The van der Waals surface area contributed by atoms with Crippen LogP contribution in [0.25, 0.3) is 0 Å². The van der Waals surface area contributed by atoms with Crippen LogP contribution in [-0.4, -0.2) is 62.1 Å². The zero-order valence-electron chi connectivity index (χ0n) is 17.4. The van der Waals surface area contributed by atoms with Crippen LogP contribution in [-0.2, 0) is 20.7 Å². The van der Waals surface area contributed by atoms with Crippen molar-refractivity contribution in [2.24, 2.45) is 11.8 Å². The summed E-state index contributed by atoms with van der Waals surface area (Å²) in [5, 5.41) is 3.23. The van der Waals surface area contributed by atoms with E-state index in [4.69, 9.17) is 4.74 Å². The van der Waals surface area contributed by atoms with E-state index in [1.54, 1.807) is 4.90 Å². The van der Waals surface area contributed by atoms with E-state index in [9.17, 15) is 9.59 Å². The maximum Gasteiger partial charge on any atom is 0.227 e. The van der Waals surface area contributed by atoms with Crippen molar-refractivity contribution in [3.05, 3.63) is 29.8 Å². The van der Waals surface area contributed by atoms with Gasteiger partial charge in [0.2, 0.25) is 11.8 Å². The van der Waals surface area contributed by atoms with Crippen molar-refractivity contribution in [3.63, 3.8) is 0 Å². The van der Waals surface area contributed by atoms with Gasteiger partial charge in [-0.3, -0.25) is 9.59 Å². The summed E-state index contributed by atoms with van der Waals surface area (Å²) in [6, 6.07) is 8.23. The van der Waals surface area contributed by atoms with Gasteiger partial charge in [-0.2, -0.15) is 0 Å². The molecule has 3 heterocycles. The predicted octanol–water partition coefficient (Wildman–Crippen LogP) is 2.22. The number of para-hydroxylation sites is 1. The van der Waals surface area contributed by atoms with E-state index in [0.717, 1.165) is 63.4 Å². The molecule has 158 valence electrons. The maximum atomic E-state index is 12.8. The molecule has 3 saturated heterocycles. The topological polar surface area (TPSA) is 61.9 Å². The number of nitrogens with zero attached hydrogens (tertiary/aromatic N) is 2. The van der Waals surface area contributed by atoms with Gasteiger partial charge in [0, 0.05) is 50.9 Å². The summed E-state index contributed by atoms with van der Waals surface area (Å²) >= 11 is 0. The number of carbonyl (C=O) groups is 2. The molecular weight excluding hydrogens is 366 g/mol. The smallest absolute Gasteiger partial charge is 0.227 e. The summed E-state index contributed by atoms with van der Waals surface area (Å²) in [4.78, 5) is 29.7. The van der Waals surface area contributed by atoms with Crippen LogP contribution in [0.5, 0.6) is 0 Å². The lowest BCUT2D eigenvalue weighted by Gasteiger charge is -2.34. The van der Waals surface area contributed by atoms with Crippen LogP contribution >= 0.6 is 0 Å². The van der Waals surface area contributed by atoms with Crippen LogP contribution in [0, 0.1) is 11.8 Å². The maximum absolute atomic E-state index is 12.8. The van der Waals surface area contributed by atoms with Gasteiger partial charge in [0.05, 0.1) is 12.5 Å². The van der Waals surface area contributed by atoms with E-state index in [1.165, 1.54) is 6.42 Å². The Bertz CT molecular complexity index is 724. The molecule has 1 aromatic carbocycles. The number of hydrogen-bond donors (Lipinski definition) is 1. The Labute approximate surface area is 173 Å². The molecule has 0 radical (unpaired) electrons. The van der Waals surface area contributed by atoms with Crippen molar-refractivity contribution < 1.29 is 14.3 Å². The number of ether oxygens (including phenoxy) is 1. The number of nitrogens with one attached hydrogen (secondary N) is 1. The van der Waals surface area contributed by atoms with Crippen molar-refractivity contribution in [1.82, 2.24) is 10.2 Å². The Kier molecular flexibility index (Phi) is 6.50. The average Bonchev–Trinajstić information content (AvgIpc) is 3.39. The number of amides is 2. The number of carbonyl (C=O) groups excluding carboxylic acids is 2. The second kappa shape index (κ2) is 9.26. The lowest BCUT2D eigenvalue weighted by molar-refractivity contribution is -0.127. The van der Waals surface area contributed by atoms with Gasteiger partial charge in [-0.1, -0.05) is 25.1 Å². The molecule has 0 bridgehead atoms. The molecule has 1 aromatic rings. The van der Waals surface area contributed by atoms with Crippen molar-refractivity contribution >= 4 is 17.5 Å². The fourth-order valence-electron chi connectivity index (χ4n) is 4.86. The third kappa shape index (κ3) is 4.81. The number of hydrogen-bond acceptors (Lipinski definition) is 4. The summed E-state index contributed by atoms with van der Waals surface area (Å²) < 4.78 is 5.48.